The molecule has 5 heteroatoms. The zero-order chi connectivity index (χ0) is 14.7. The van der Waals surface area contributed by atoms with E-state index in [2.05, 4.69) is 24.6 Å². The Morgan fingerprint density at radius 3 is 2.37 bits per heavy atom. The molecule has 1 aromatic heterocycles. The summed E-state index contributed by atoms with van der Waals surface area (Å²) in [6.07, 6.45) is 1.32. The first kappa shape index (κ1) is 15.9. The van der Waals surface area contributed by atoms with Crippen LogP contribution in [0.5, 0.6) is 0 Å². The second-order valence-electron chi connectivity index (χ2n) is 6.08. The van der Waals surface area contributed by atoms with E-state index >= 15 is 0 Å². The molecule has 1 heterocycles. The molecule has 0 saturated heterocycles. The van der Waals surface area contributed by atoms with Gasteiger partial charge in [0, 0.05) is 6.20 Å². The molecular formula is C14H23NO3Si. The Labute approximate surface area is 116 Å². The highest BCUT2D eigenvalue weighted by molar-refractivity contribution is 6.69. The Balaban J connectivity index is 3.17. The van der Waals surface area contributed by atoms with E-state index < -0.39 is 19.8 Å². The molecule has 19 heavy (non-hydrogen) atoms. The number of esters is 1. The van der Waals surface area contributed by atoms with Gasteiger partial charge in [-0.2, -0.15) is 0 Å². The molecule has 0 saturated carbocycles. The fourth-order valence-electron chi connectivity index (χ4n) is 1.83. The van der Waals surface area contributed by atoms with E-state index in [4.69, 9.17) is 9.16 Å². The van der Waals surface area contributed by atoms with E-state index in [1.54, 1.807) is 6.20 Å². The maximum absolute atomic E-state index is 12.0. The normalized spacial score (nSPS) is 14.0. The van der Waals surface area contributed by atoms with Gasteiger partial charge in [-0.1, -0.05) is 6.07 Å². The number of aromatic nitrogens is 1. The SMILES string of the molecule is COC(=O)C(C)(C)C(O[Si](C)(C)C)c1ccccn1. The summed E-state index contributed by atoms with van der Waals surface area (Å²) in [5, 5.41) is 0. The number of hydrogen-bond acceptors (Lipinski definition) is 4. The molecule has 0 aromatic carbocycles. The molecule has 1 rings (SSSR count). The summed E-state index contributed by atoms with van der Waals surface area (Å²) in [5.41, 5.74) is -0.0102. The van der Waals surface area contributed by atoms with Crippen LogP contribution < -0.4 is 0 Å². The van der Waals surface area contributed by atoms with Crippen LogP contribution in [0.4, 0.5) is 0 Å². The zero-order valence-corrected chi connectivity index (χ0v) is 13.6. The third-order valence-corrected chi connectivity index (χ3v) is 3.74. The topological polar surface area (TPSA) is 48.4 Å². The Morgan fingerprint density at radius 1 is 1.32 bits per heavy atom. The molecule has 1 aromatic rings. The first-order valence-electron chi connectivity index (χ1n) is 6.35. The van der Waals surface area contributed by atoms with E-state index in [1.165, 1.54) is 7.11 Å². The summed E-state index contributed by atoms with van der Waals surface area (Å²) in [4.78, 5) is 16.4. The average molecular weight is 281 g/mol. The summed E-state index contributed by atoms with van der Waals surface area (Å²) < 4.78 is 11.1. The summed E-state index contributed by atoms with van der Waals surface area (Å²) in [5.74, 6) is -0.290. The van der Waals surface area contributed by atoms with Gasteiger partial charge in [0.2, 0.25) is 0 Å². The van der Waals surface area contributed by atoms with Crippen molar-refractivity contribution in [1.29, 1.82) is 0 Å². The van der Waals surface area contributed by atoms with Crippen LogP contribution in [0.3, 0.4) is 0 Å². The molecule has 106 valence electrons. The molecule has 0 aliphatic rings. The second kappa shape index (κ2) is 5.84. The molecule has 0 bridgehead atoms. The fraction of sp³-hybridized carbons (Fsp3) is 0.571. The molecule has 0 fully saturated rings. The van der Waals surface area contributed by atoms with Crippen LogP contribution in [-0.2, 0) is 14.0 Å². The molecule has 1 atom stereocenters. The molecule has 0 N–H and O–H groups in total. The Hall–Kier alpha value is -1.20. The van der Waals surface area contributed by atoms with Crippen LogP contribution in [-0.4, -0.2) is 26.4 Å². The van der Waals surface area contributed by atoms with Crippen molar-refractivity contribution in [3.63, 3.8) is 0 Å². The summed E-state index contributed by atoms with van der Waals surface area (Å²) in [6, 6.07) is 5.63. The van der Waals surface area contributed by atoms with Crippen LogP contribution in [0, 0.1) is 5.41 Å². The lowest BCUT2D eigenvalue weighted by Crippen LogP contribution is -2.40. The third-order valence-electron chi connectivity index (χ3n) is 2.79. The number of carbonyl (C=O) groups excluding carboxylic acids is 1. The van der Waals surface area contributed by atoms with E-state index in [0.717, 1.165) is 5.69 Å². The Kier molecular flexibility index (Phi) is 4.87. The lowest BCUT2D eigenvalue weighted by Gasteiger charge is -2.35. The summed E-state index contributed by atoms with van der Waals surface area (Å²) in [6.45, 7) is 9.94. The van der Waals surface area contributed by atoms with Crippen molar-refractivity contribution in [2.45, 2.75) is 39.6 Å². The molecular weight excluding hydrogens is 258 g/mol. The van der Waals surface area contributed by atoms with Crippen molar-refractivity contribution in [2.24, 2.45) is 5.41 Å². The Bertz CT molecular complexity index is 426. The van der Waals surface area contributed by atoms with Gasteiger partial charge in [-0.25, -0.2) is 0 Å². The highest BCUT2D eigenvalue weighted by Crippen LogP contribution is 2.38. The van der Waals surface area contributed by atoms with Crippen LogP contribution in [0.15, 0.2) is 24.4 Å². The van der Waals surface area contributed by atoms with Crippen molar-refractivity contribution in [1.82, 2.24) is 4.98 Å². The monoisotopic (exact) mass is 281 g/mol. The van der Waals surface area contributed by atoms with Gasteiger partial charge in [0.1, 0.15) is 6.10 Å². The minimum Gasteiger partial charge on any atom is -0.469 e. The number of carbonyl (C=O) groups is 1. The molecule has 0 aliphatic carbocycles. The van der Waals surface area contributed by atoms with E-state index in [0.29, 0.717) is 0 Å². The summed E-state index contributed by atoms with van der Waals surface area (Å²) >= 11 is 0. The van der Waals surface area contributed by atoms with Gasteiger partial charge in [-0.05, 0) is 45.6 Å². The number of ether oxygens (including phenoxy) is 1. The number of pyridine rings is 1. The molecule has 0 radical (unpaired) electrons. The fourth-order valence-corrected chi connectivity index (χ4v) is 2.95. The molecule has 0 aliphatic heterocycles. The number of methoxy groups -OCH3 is 1. The second-order valence-corrected chi connectivity index (χ2v) is 10.5. The maximum atomic E-state index is 12.0. The number of nitrogens with zero attached hydrogens (tertiary/aromatic N) is 1. The minimum atomic E-state index is -1.82. The summed E-state index contributed by atoms with van der Waals surface area (Å²) in [7, 11) is -0.422. The predicted octanol–water partition coefficient (Wildman–Crippen LogP) is 3.17. The van der Waals surface area contributed by atoms with Gasteiger partial charge < -0.3 is 9.16 Å². The largest absolute Gasteiger partial charge is 0.469 e. The third kappa shape index (κ3) is 4.14. The van der Waals surface area contributed by atoms with Gasteiger partial charge in [-0.15, -0.1) is 0 Å². The number of hydrogen-bond donors (Lipinski definition) is 0. The molecule has 1 unspecified atom stereocenters. The van der Waals surface area contributed by atoms with Gasteiger partial charge in [0.25, 0.3) is 0 Å². The van der Waals surface area contributed by atoms with E-state index in [9.17, 15) is 4.79 Å². The smallest absolute Gasteiger partial charge is 0.314 e. The first-order valence-corrected chi connectivity index (χ1v) is 9.76. The molecule has 4 nitrogen and oxygen atoms in total. The lowest BCUT2D eigenvalue weighted by molar-refractivity contribution is -0.157. The van der Waals surface area contributed by atoms with E-state index in [-0.39, 0.29) is 5.97 Å². The van der Waals surface area contributed by atoms with Crippen molar-refractivity contribution < 1.29 is 14.0 Å². The average Bonchev–Trinajstić information content (AvgIpc) is 2.34. The van der Waals surface area contributed by atoms with Crippen LogP contribution >= 0.6 is 0 Å². The maximum Gasteiger partial charge on any atom is 0.314 e. The van der Waals surface area contributed by atoms with Crippen LogP contribution in [0.1, 0.15) is 25.6 Å². The lowest BCUT2D eigenvalue weighted by atomic mass is 9.84. The van der Waals surface area contributed by atoms with Gasteiger partial charge in [0.05, 0.1) is 18.2 Å². The van der Waals surface area contributed by atoms with Gasteiger partial charge in [-0.3, -0.25) is 9.78 Å². The quantitative estimate of drug-likeness (QED) is 0.614. The zero-order valence-electron chi connectivity index (χ0n) is 12.6. The van der Waals surface area contributed by atoms with Crippen molar-refractivity contribution in [3.05, 3.63) is 30.1 Å². The van der Waals surface area contributed by atoms with Crippen LogP contribution in [0.25, 0.3) is 0 Å². The Morgan fingerprint density at radius 2 is 1.95 bits per heavy atom. The molecule has 0 spiro atoms. The highest BCUT2D eigenvalue weighted by atomic mass is 28.4. The van der Waals surface area contributed by atoms with Crippen LogP contribution in [0.2, 0.25) is 19.6 Å². The first-order chi connectivity index (χ1) is 8.68. The van der Waals surface area contributed by atoms with Crippen molar-refractivity contribution in [2.75, 3.05) is 7.11 Å². The van der Waals surface area contributed by atoms with E-state index in [1.807, 2.05) is 32.0 Å². The number of rotatable bonds is 5. The standard InChI is InChI=1S/C14H23NO3Si/c1-14(2,13(16)17-3)12(18-19(4,5)6)11-9-7-8-10-15-11/h7-10,12H,1-6H3. The van der Waals surface area contributed by atoms with Gasteiger partial charge >= 0.3 is 5.97 Å². The predicted molar refractivity (Wildman–Crippen MR) is 77.2 cm³/mol. The van der Waals surface area contributed by atoms with Crippen molar-refractivity contribution in [3.8, 4) is 0 Å². The van der Waals surface area contributed by atoms with Crippen molar-refractivity contribution >= 4 is 14.3 Å². The van der Waals surface area contributed by atoms with Gasteiger partial charge in [0.15, 0.2) is 8.32 Å². The highest BCUT2D eigenvalue weighted by Gasteiger charge is 2.42. The minimum absolute atomic E-state index is 0.290. The molecule has 0 amide bonds.